The molecule has 2 aliphatic heterocycles. The number of hydrogen-bond acceptors (Lipinski definition) is 6. The smallest absolute Gasteiger partial charge is 0.291 e. The lowest BCUT2D eigenvalue weighted by Gasteiger charge is -2.37. The molecule has 0 bridgehead atoms. The lowest BCUT2D eigenvalue weighted by molar-refractivity contribution is 0.0958. The molecule has 0 aromatic carbocycles. The van der Waals surface area contributed by atoms with Crippen LogP contribution in [0.1, 0.15) is 41.4 Å². The van der Waals surface area contributed by atoms with Crippen LogP contribution in [0.3, 0.4) is 0 Å². The minimum Gasteiger partial charge on any atom is -0.370 e. The summed E-state index contributed by atoms with van der Waals surface area (Å²) in [5.41, 5.74) is 2.63. The summed E-state index contributed by atoms with van der Waals surface area (Å²) in [5.74, 6) is 0.136. The topological polar surface area (TPSA) is 98.6 Å². The number of nitrogens with zero attached hydrogens (tertiary/aromatic N) is 5. The van der Waals surface area contributed by atoms with Crippen molar-refractivity contribution in [3.8, 4) is 0 Å². The predicted molar refractivity (Wildman–Crippen MR) is 125 cm³/mol. The summed E-state index contributed by atoms with van der Waals surface area (Å²) >= 11 is 0. The minimum absolute atomic E-state index is 0.169. The number of rotatable bonds is 5. The van der Waals surface area contributed by atoms with Crippen molar-refractivity contribution in [2.75, 3.05) is 45.2 Å². The Morgan fingerprint density at radius 3 is 2.69 bits per heavy atom. The van der Waals surface area contributed by atoms with Crippen LogP contribution in [0.25, 0.3) is 6.20 Å². The molecule has 1 amide bonds. The number of piperidine rings is 1. The van der Waals surface area contributed by atoms with Gasteiger partial charge in [-0.25, -0.2) is 4.98 Å². The van der Waals surface area contributed by atoms with Gasteiger partial charge in [-0.1, -0.05) is 6.58 Å². The molecule has 4 rings (SSSR count). The van der Waals surface area contributed by atoms with Crippen LogP contribution in [-0.4, -0.2) is 71.7 Å². The summed E-state index contributed by atoms with van der Waals surface area (Å²) in [6.07, 6.45) is 8.55. The molecule has 170 valence electrons. The molecule has 9 nitrogen and oxygen atoms in total. The molecule has 2 aliphatic rings. The average molecular weight is 438 g/mol. The Labute approximate surface area is 187 Å². The maximum Gasteiger partial charge on any atom is 0.291 e. The van der Waals surface area contributed by atoms with Gasteiger partial charge in [0.05, 0.1) is 11.9 Å². The second kappa shape index (κ2) is 9.52. The SMILES string of the molecule is C=Cn1cc(C2CCN(C3CCN(c4ccc(C(=O)NC)nc4)CC3)C2)[nH]c(=O)c1=NC. The van der Waals surface area contributed by atoms with Gasteiger partial charge in [0.1, 0.15) is 5.69 Å². The minimum atomic E-state index is -0.173. The van der Waals surface area contributed by atoms with Crippen molar-refractivity contribution < 1.29 is 4.79 Å². The van der Waals surface area contributed by atoms with Crippen LogP contribution in [0.2, 0.25) is 0 Å². The molecule has 9 heteroatoms. The van der Waals surface area contributed by atoms with Crippen molar-refractivity contribution in [1.82, 2.24) is 24.8 Å². The van der Waals surface area contributed by atoms with Gasteiger partial charge in [-0.3, -0.25) is 19.5 Å². The lowest BCUT2D eigenvalue weighted by atomic mass is 10.0. The third-order valence-electron chi connectivity index (χ3n) is 6.61. The number of likely N-dealkylation sites (tertiary alicyclic amines) is 1. The Kier molecular flexibility index (Phi) is 6.55. The van der Waals surface area contributed by atoms with Crippen molar-refractivity contribution in [2.45, 2.75) is 31.2 Å². The molecular formula is C23H31N7O2. The number of anilines is 1. The molecule has 32 heavy (non-hydrogen) atoms. The number of amides is 1. The zero-order valence-electron chi connectivity index (χ0n) is 18.8. The van der Waals surface area contributed by atoms with Gasteiger partial charge in [0.15, 0.2) is 5.49 Å². The van der Waals surface area contributed by atoms with E-state index in [1.54, 1.807) is 37.1 Å². The maximum atomic E-state index is 12.4. The van der Waals surface area contributed by atoms with E-state index in [0.717, 1.165) is 56.8 Å². The highest BCUT2D eigenvalue weighted by molar-refractivity contribution is 5.92. The van der Waals surface area contributed by atoms with E-state index >= 15 is 0 Å². The number of nitrogens with one attached hydrogen (secondary N) is 2. The molecular weight excluding hydrogens is 406 g/mol. The van der Waals surface area contributed by atoms with Gasteiger partial charge in [0, 0.05) is 63.8 Å². The maximum absolute atomic E-state index is 12.4. The predicted octanol–water partition coefficient (Wildman–Crippen LogP) is 1.02. The molecule has 0 spiro atoms. The first-order valence-electron chi connectivity index (χ1n) is 11.1. The fraction of sp³-hybridized carbons (Fsp3) is 0.478. The number of carbonyl (C=O) groups is 1. The van der Waals surface area contributed by atoms with E-state index < -0.39 is 0 Å². The number of aromatic nitrogens is 3. The van der Waals surface area contributed by atoms with E-state index in [1.165, 1.54) is 0 Å². The Morgan fingerprint density at radius 1 is 1.28 bits per heavy atom. The Balaban J connectivity index is 1.36. The van der Waals surface area contributed by atoms with Crippen LogP contribution >= 0.6 is 0 Å². The van der Waals surface area contributed by atoms with Crippen LogP contribution in [0, 0.1) is 0 Å². The molecule has 1 atom stereocenters. The molecule has 0 radical (unpaired) electrons. The molecule has 0 aliphatic carbocycles. The Hall–Kier alpha value is -3.20. The normalized spacial score (nSPS) is 20.5. The molecule has 2 fully saturated rings. The van der Waals surface area contributed by atoms with Crippen LogP contribution in [0.5, 0.6) is 0 Å². The first-order chi connectivity index (χ1) is 15.5. The number of H-pyrrole nitrogens is 1. The Bertz CT molecular complexity index is 1090. The fourth-order valence-corrected chi connectivity index (χ4v) is 4.81. The number of pyridine rings is 1. The second-order valence-corrected chi connectivity index (χ2v) is 8.36. The highest BCUT2D eigenvalue weighted by atomic mass is 16.1. The van der Waals surface area contributed by atoms with Gasteiger partial charge >= 0.3 is 0 Å². The molecule has 2 N–H and O–H groups in total. The average Bonchev–Trinajstić information content (AvgIpc) is 3.33. The molecule has 1 unspecified atom stereocenters. The standard InChI is InChI=1S/C23H31N7O2/c1-4-28-15-20(27-23(32)21(28)24-2)16-7-10-30(14-16)17-8-11-29(12-9-17)18-5-6-19(26-13-18)22(31)25-3/h4-6,13,15-17H,1,7-12,14H2,2-3H3,(H,25,31)(H,27,32). The van der Waals surface area contributed by atoms with Crippen LogP contribution in [0.15, 0.2) is 40.9 Å². The van der Waals surface area contributed by atoms with Gasteiger partial charge in [-0.15, -0.1) is 0 Å². The fourth-order valence-electron chi connectivity index (χ4n) is 4.81. The largest absolute Gasteiger partial charge is 0.370 e. The third-order valence-corrected chi connectivity index (χ3v) is 6.61. The first kappa shape index (κ1) is 22.0. The van der Waals surface area contributed by atoms with E-state index in [1.807, 2.05) is 12.3 Å². The van der Waals surface area contributed by atoms with E-state index in [9.17, 15) is 9.59 Å². The van der Waals surface area contributed by atoms with E-state index in [4.69, 9.17) is 0 Å². The summed E-state index contributed by atoms with van der Waals surface area (Å²) in [4.78, 5) is 40.3. The van der Waals surface area contributed by atoms with Gasteiger partial charge in [-0.2, -0.15) is 0 Å². The van der Waals surface area contributed by atoms with Crippen LogP contribution in [-0.2, 0) is 0 Å². The number of carbonyl (C=O) groups excluding carboxylic acids is 1. The second-order valence-electron chi connectivity index (χ2n) is 8.36. The van der Waals surface area contributed by atoms with Crippen molar-refractivity contribution in [2.24, 2.45) is 4.99 Å². The van der Waals surface area contributed by atoms with Gasteiger partial charge in [0.25, 0.3) is 11.5 Å². The highest BCUT2D eigenvalue weighted by Gasteiger charge is 2.32. The molecule has 2 aromatic rings. The Morgan fingerprint density at radius 2 is 2.06 bits per heavy atom. The summed E-state index contributed by atoms with van der Waals surface area (Å²) < 4.78 is 1.71. The summed E-state index contributed by atoms with van der Waals surface area (Å²) in [7, 11) is 3.22. The van der Waals surface area contributed by atoms with Crippen LogP contribution in [0.4, 0.5) is 5.69 Å². The van der Waals surface area contributed by atoms with E-state index in [-0.39, 0.29) is 11.5 Å². The summed E-state index contributed by atoms with van der Waals surface area (Å²) in [6, 6.07) is 4.29. The third kappa shape index (κ3) is 4.38. The first-order valence-corrected chi connectivity index (χ1v) is 11.1. The zero-order chi connectivity index (χ0) is 22.7. The monoisotopic (exact) mass is 437 g/mol. The van der Waals surface area contributed by atoms with Gasteiger partial charge in [0.2, 0.25) is 0 Å². The number of aromatic amines is 1. The summed E-state index contributed by atoms with van der Waals surface area (Å²) in [5, 5.41) is 2.60. The molecule has 4 heterocycles. The van der Waals surface area contributed by atoms with Gasteiger partial charge in [-0.05, 0) is 37.9 Å². The molecule has 2 saturated heterocycles. The molecule has 0 saturated carbocycles. The summed E-state index contributed by atoms with van der Waals surface area (Å²) in [6.45, 7) is 7.71. The van der Waals surface area contributed by atoms with Gasteiger partial charge < -0.3 is 19.8 Å². The zero-order valence-corrected chi connectivity index (χ0v) is 18.8. The van der Waals surface area contributed by atoms with Crippen LogP contribution < -0.4 is 21.3 Å². The number of hydrogen-bond donors (Lipinski definition) is 2. The van der Waals surface area contributed by atoms with E-state index in [2.05, 4.69) is 36.7 Å². The molecule has 2 aromatic heterocycles. The van der Waals surface area contributed by atoms with Crippen molar-refractivity contribution in [3.05, 3.63) is 58.3 Å². The van der Waals surface area contributed by atoms with Crippen molar-refractivity contribution in [3.63, 3.8) is 0 Å². The quantitative estimate of drug-likeness (QED) is 0.728. The lowest BCUT2D eigenvalue weighted by Crippen LogP contribution is -2.44. The highest BCUT2D eigenvalue weighted by Crippen LogP contribution is 2.30. The van der Waals surface area contributed by atoms with Crippen molar-refractivity contribution in [1.29, 1.82) is 0 Å². The van der Waals surface area contributed by atoms with E-state index in [0.29, 0.717) is 23.1 Å². The van der Waals surface area contributed by atoms with Crippen molar-refractivity contribution >= 4 is 17.8 Å².